The monoisotopic (exact) mass is 240 g/mol. The Kier molecular flexibility index (Phi) is 3.28. The van der Waals surface area contributed by atoms with Gasteiger partial charge in [-0.3, -0.25) is 4.98 Å². The number of pyridine rings is 1. The van der Waals surface area contributed by atoms with Crippen molar-refractivity contribution in [2.24, 2.45) is 5.92 Å². The van der Waals surface area contributed by atoms with Crippen LogP contribution in [0.25, 0.3) is 10.9 Å². The quantitative estimate of drug-likeness (QED) is 0.886. The average Bonchev–Trinajstić information content (AvgIpc) is 2.38. The lowest BCUT2D eigenvalue weighted by Crippen LogP contribution is -2.33. The number of hydrogen-bond acceptors (Lipinski definition) is 2. The molecule has 1 N–H and O–H groups in total. The zero-order valence-electron chi connectivity index (χ0n) is 10.9. The van der Waals surface area contributed by atoms with E-state index in [-0.39, 0.29) is 0 Å². The van der Waals surface area contributed by atoms with E-state index in [9.17, 15) is 0 Å². The first-order chi connectivity index (χ1) is 8.88. The summed E-state index contributed by atoms with van der Waals surface area (Å²) >= 11 is 0. The van der Waals surface area contributed by atoms with Gasteiger partial charge in [-0.05, 0) is 55.5 Å². The zero-order chi connectivity index (χ0) is 12.4. The SMILES string of the molecule is CCNCC1CCC1c1ccc2cccnc2c1. The van der Waals surface area contributed by atoms with Crippen molar-refractivity contribution in [3.8, 4) is 0 Å². The molecule has 0 bridgehead atoms. The Morgan fingerprint density at radius 3 is 3.00 bits per heavy atom. The first-order valence-corrected chi connectivity index (χ1v) is 6.94. The molecule has 1 saturated carbocycles. The van der Waals surface area contributed by atoms with E-state index in [4.69, 9.17) is 0 Å². The number of rotatable bonds is 4. The van der Waals surface area contributed by atoms with Gasteiger partial charge in [-0.15, -0.1) is 0 Å². The van der Waals surface area contributed by atoms with Crippen molar-refractivity contribution in [1.29, 1.82) is 0 Å². The van der Waals surface area contributed by atoms with Gasteiger partial charge < -0.3 is 5.32 Å². The second-order valence-corrected chi connectivity index (χ2v) is 5.21. The highest BCUT2D eigenvalue weighted by atomic mass is 14.9. The Morgan fingerprint density at radius 2 is 2.22 bits per heavy atom. The van der Waals surface area contributed by atoms with Gasteiger partial charge in [0.15, 0.2) is 0 Å². The summed E-state index contributed by atoms with van der Waals surface area (Å²) in [6, 6.07) is 10.9. The van der Waals surface area contributed by atoms with Crippen molar-refractivity contribution in [1.82, 2.24) is 10.3 Å². The highest BCUT2D eigenvalue weighted by molar-refractivity contribution is 5.79. The molecule has 18 heavy (non-hydrogen) atoms. The maximum Gasteiger partial charge on any atom is 0.0704 e. The van der Waals surface area contributed by atoms with Gasteiger partial charge in [-0.2, -0.15) is 0 Å². The largest absolute Gasteiger partial charge is 0.317 e. The maximum atomic E-state index is 4.45. The fraction of sp³-hybridized carbons (Fsp3) is 0.438. The molecular formula is C16H20N2. The van der Waals surface area contributed by atoms with Crippen LogP contribution in [0, 0.1) is 5.92 Å². The third-order valence-corrected chi connectivity index (χ3v) is 4.13. The van der Waals surface area contributed by atoms with Crippen LogP contribution in [0.3, 0.4) is 0 Å². The Morgan fingerprint density at radius 1 is 1.28 bits per heavy atom. The van der Waals surface area contributed by atoms with E-state index in [0.717, 1.165) is 30.4 Å². The van der Waals surface area contributed by atoms with Gasteiger partial charge >= 0.3 is 0 Å². The molecule has 1 aliphatic carbocycles. The molecule has 2 atom stereocenters. The van der Waals surface area contributed by atoms with Crippen molar-refractivity contribution >= 4 is 10.9 Å². The molecule has 2 nitrogen and oxygen atoms in total. The van der Waals surface area contributed by atoms with E-state index in [1.807, 2.05) is 12.3 Å². The fourth-order valence-corrected chi connectivity index (χ4v) is 2.90. The topological polar surface area (TPSA) is 24.9 Å². The Balaban J connectivity index is 1.81. The van der Waals surface area contributed by atoms with Crippen LogP contribution in [0.5, 0.6) is 0 Å². The van der Waals surface area contributed by atoms with E-state index in [2.05, 4.69) is 41.5 Å². The molecule has 0 spiro atoms. The lowest BCUT2D eigenvalue weighted by atomic mass is 9.70. The van der Waals surface area contributed by atoms with E-state index >= 15 is 0 Å². The molecule has 3 rings (SSSR count). The van der Waals surface area contributed by atoms with Crippen molar-refractivity contribution in [2.75, 3.05) is 13.1 Å². The van der Waals surface area contributed by atoms with Gasteiger partial charge in [-0.1, -0.05) is 25.1 Å². The van der Waals surface area contributed by atoms with Crippen LogP contribution < -0.4 is 5.32 Å². The summed E-state index contributed by atoms with van der Waals surface area (Å²) < 4.78 is 0. The summed E-state index contributed by atoms with van der Waals surface area (Å²) in [5.74, 6) is 1.54. The van der Waals surface area contributed by atoms with Crippen LogP contribution >= 0.6 is 0 Å². The van der Waals surface area contributed by atoms with Crippen LogP contribution in [-0.4, -0.2) is 18.1 Å². The first kappa shape index (κ1) is 11.7. The molecule has 0 saturated heterocycles. The van der Waals surface area contributed by atoms with Crippen LogP contribution in [0.2, 0.25) is 0 Å². The molecule has 1 aromatic carbocycles. The Hall–Kier alpha value is -1.41. The molecule has 2 unspecified atom stereocenters. The number of hydrogen-bond donors (Lipinski definition) is 1. The summed E-state index contributed by atoms with van der Waals surface area (Å²) in [6.07, 6.45) is 4.56. The van der Waals surface area contributed by atoms with Gasteiger partial charge in [0.05, 0.1) is 5.52 Å². The normalized spacial score (nSPS) is 22.9. The van der Waals surface area contributed by atoms with E-state index in [1.54, 1.807) is 0 Å². The summed E-state index contributed by atoms with van der Waals surface area (Å²) in [4.78, 5) is 4.45. The summed E-state index contributed by atoms with van der Waals surface area (Å²) in [5, 5.41) is 4.71. The first-order valence-electron chi connectivity index (χ1n) is 6.94. The van der Waals surface area contributed by atoms with Crippen molar-refractivity contribution < 1.29 is 0 Å². The van der Waals surface area contributed by atoms with Gasteiger partial charge in [0.25, 0.3) is 0 Å². The molecular weight excluding hydrogens is 220 g/mol. The third-order valence-electron chi connectivity index (χ3n) is 4.13. The molecule has 2 heteroatoms. The van der Waals surface area contributed by atoms with Crippen LogP contribution in [-0.2, 0) is 0 Å². The Bertz CT molecular complexity index is 535. The number of nitrogens with zero attached hydrogens (tertiary/aromatic N) is 1. The molecule has 0 aliphatic heterocycles. The number of nitrogens with one attached hydrogen (secondary N) is 1. The minimum Gasteiger partial charge on any atom is -0.317 e. The Labute approximate surface area is 108 Å². The molecule has 0 radical (unpaired) electrons. The van der Waals surface area contributed by atoms with E-state index < -0.39 is 0 Å². The molecule has 94 valence electrons. The molecule has 1 aromatic heterocycles. The molecule has 1 aliphatic rings. The molecule has 0 amide bonds. The van der Waals surface area contributed by atoms with Gasteiger partial charge in [0, 0.05) is 11.6 Å². The second-order valence-electron chi connectivity index (χ2n) is 5.21. The number of benzene rings is 1. The van der Waals surface area contributed by atoms with Gasteiger partial charge in [0.1, 0.15) is 0 Å². The van der Waals surface area contributed by atoms with E-state index in [1.165, 1.54) is 23.8 Å². The van der Waals surface area contributed by atoms with Crippen LogP contribution in [0.4, 0.5) is 0 Å². The van der Waals surface area contributed by atoms with Crippen molar-refractivity contribution in [3.05, 3.63) is 42.1 Å². The predicted octanol–water partition coefficient (Wildman–Crippen LogP) is 3.34. The molecule has 2 aromatic rings. The highest BCUT2D eigenvalue weighted by Gasteiger charge is 2.31. The molecule has 1 heterocycles. The van der Waals surface area contributed by atoms with Crippen molar-refractivity contribution in [3.63, 3.8) is 0 Å². The molecule has 1 fully saturated rings. The zero-order valence-corrected chi connectivity index (χ0v) is 10.9. The smallest absolute Gasteiger partial charge is 0.0704 e. The van der Waals surface area contributed by atoms with Crippen LogP contribution in [0.1, 0.15) is 31.2 Å². The van der Waals surface area contributed by atoms with Crippen LogP contribution in [0.15, 0.2) is 36.5 Å². The second kappa shape index (κ2) is 5.07. The summed E-state index contributed by atoms with van der Waals surface area (Å²) in [7, 11) is 0. The average molecular weight is 240 g/mol. The lowest BCUT2D eigenvalue weighted by Gasteiger charge is -2.37. The minimum atomic E-state index is 0.732. The highest BCUT2D eigenvalue weighted by Crippen LogP contribution is 2.42. The standard InChI is InChI=1S/C16H20N2/c1-2-17-11-14-7-8-15(14)13-6-5-12-4-3-9-18-16(12)10-13/h3-6,9-10,14-15,17H,2,7-8,11H2,1H3. The lowest BCUT2D eigenvalue weighted by molar-refractivity contribution is 0.247. The van der Waals surface area contributed by atoms with E-state index in [0.29, 0.717) is 0 Å². The fourth-order valence-electron chi connectivity index (χ4n) is 2.90. The van der Waals surface area contributed by atoms with Gasteiger partial charge in [-0.25, -0.2) is 0 Å². The minimum absolute atomic E-state index is 0.732. The predicted molar refractivity (Wildman–Crippen MR) is 75.8 cm³/mol. The summed E-state index contributed by atoms with van der Waals surface area (Å²) in [5.41, 5.74) is 2.60. The van der Waals surface area contributed by atoms with Gasteiger partial charge in [0.2, 0.25) is 0 Å². The van der Waals surface area contributed by atoms with Crippen molar-refractivity contribution in [2.45, 2.75) is 25.7 Å². The summed E-state index contributed by atoms with van der Waals surface area (Å²) in [6.45, 7) is 4.40. The maximum absolute atomic E-state index is 4.45. The number of aromatic nitrogens is 1. The third kappa shape index (κ3) is 2.13. The number of fused-ring (bicyclic) bond motifs is 1.